The molecule has 1 aliphatic rings. The number of aromatic nitrogens is 1. The van der Waals surface area contributed by atoms with E-state index < -0.39 is 42.3 Å². The molecule has 3 rings (SSSR count). The van der Waals surface area contributed by atoms with Crippen molar-refractivity contribution in [1.82, 2.24) is 20.3 Å². The van der Waals surface area contributed by atoms with Crippen LogP contribution in [-0.4, -0.2) is 87.2 Å². The number of nitrogens with zero attached hydrogens (tertiary/aromatic N) is 4. The predicted octanol–water partition coefficient (Wildman–Crippen LogP) is 0.623. The van der Waals surface area contributed by atoms with Crippen molar-refractivity contribution in [3.05, 3.63) is 60.4 Å². The Morgan fingerprint density at radius 3 is 2.17 bits per heavy atom. The van der Waals surface area contributed by atoms with Gasteiger partial charge in [0.25, 0.3) is 5.91 Å². The number of hydrogen-bond acceptors (Lipinski definition) is 7. The normalized spacial score (nSPS) is 15.6. The smallest absolute Gasteiger partial charge is 0.328 e. The third-order valence-electron chi connectivity index (χ3n) is 5.72. The molecule has 2 aromatic rings. The van der Waals surface area contributed by atoms with E-state index in [1.54, 1.807) is 47.7 Å². The zero-order chi connectivity index (χ0) is 25.4. The van der Waals surface area contributed by atoms with Crippen LogP contribution in [-0.2, 0) is 25.6 Å². The van der Waals surface area contributed by atoms with Crippen molar-refractivity contribution in [3.63, 3.8) is 0 Å². The third kappa shape index (κ3) is 7.00. The largest absolute Gasteiger partial charge is 0.481 e. The first-order valence-electron chi connectivity index (χ1n) is 11.2. The van der Waals surface area contributed by atoms with E-state index in [1.807, 2.05) is 12.1 Å². The molecule has 0 saturated carbocycles. The summed E-state index contributed by atoms with van der Waals surface area (Å²) in [6, 6.07) is 9.94. The molecular weight excluding hydrogens is 454 g/mol. The molecule has 11 heteroatoms. The van der Waals surface area contributed by atoms with Crippen LogP contribution in [0.5, 0.6) is 0 Å². The Kier molecular flexibility index (Phi) is 8.74. The highest BCUT2D eigenvalue weighted by Crippen LogP contribution is 2.20. The predicted molar refractivity (Wildman–Crippen MR) is 126 cm³/mol. The molecule has 0 aliphatic carbocycles. The van der Waals surface area contributed by atoms with E-state index in [-0.39, 0.29) is 6.42 Å². The Morgan fingerprint density at radius 1 is 1.00 bits per heavy atom. The molecule has 0 spiro atoms. The Balaban J connectivity index is 1.90. The van der Waals surface area contributed by atoms with Crippen LogP contribution in [0.1, 0.15) is 18.9 Å². The van der Waals surface area contributed by atoms with Crippen molar-refractivity contribution in [2.24, 2.45) is 0 Å². The number of carbonyl (C=O) groups is 4. The number of carboxylic acids is 2. The lowest BCUT2D eigenvalue weighted by atomic mass is 10.0. The van der Waals surface area contributed by atoms with Gasteiger partial charge in [-0.15, -0.1) is 0 Å². The van der Waals surface area contributed by atoms with Gasteiger partial charge in [-0.1, -0.05) is 30.3 Å². The molecule has 1 aromatic carbocycles. The Morgan fingerprint density at radius 2 is 1.63 bits per heavy atom. The summed E-state index contributed by atoms with van der Waals surface area (Å²) in [5.74, 6) is -3.87. The number of pyridine rings is 1. The zero-order valence-corrected chi connectivity index (χ0v) is 19.4. The number of hydrogen-bond donors (Lipinski definition) is 3. The van der Waals surface area contributed by atoms with E-state index in [0.29, 0.717) is 31.7 Å². The topological polar surface area (TPSA) is 143 Å². The van der Waals surface area contributed by atoms with Crippen molar-refractivity contribution in [2.45, 2.75) is 31.8 Å². The van der Waals surface area contributed by atoms with Crippen molar-refractivity contribution in [1.29, 1.82) is 0 Å². The number of anilines is 1. The number of piperazine rings is 1. The standard InChI is InChI=1S/C24H29N5O6/c1-17(30)26-20(16-22(31)32)23(33)29(21(24(34)35)15-18-5-3-2-4-6-18)28-13-11-27(12-14-28)19-7-9-25-10-8-19/h2-10,20-21H,11-16H2,1H3,(H,26,30)(H,31,32)(H,34,35)/t20-,21-/m0/s1. The lowest BCUT2D eigenvalue weighted by molar-refractivity contribution is -0.172. The van der Waals surface area contributed by atoms with Crippen LogP contribution < -0.4 is 10.2 Å². The Bertz CT molecular complexity index is 1010. The van der Waals surface area contributed by atoms with Gasteiger partial charge in [0.05, 0.1) is 6.42 Å². The lowest BCUT2D eigenvalue weighted by Gasteiger charge is -2.45. The van der Waals surface area contributed by atoms with Gasteiger partial charge < -0.3 is 20.4 Å². The van der Waals surface area contributed by atoms with Crippen LogP contribution in [0.4, 0.5) is 5.69 Å². The van der Waals surface area contributed by atoms with E-state index in [1.165, 1.54) is 6.92 Å². The molecule has 1 saturated heterocycles. The van der Waals surface area contributed by atoms with Gasteiger partial charge in [-0.05, 0) is 17.7 Å². The molecular formula is C24H29N5O6. The zero-order valence-electron chi connectivity index (χ0n) is 19.4. The summed E-state index contributed by atoms with van der Waals surface area (Å²) < 4.78 is 0. The second kappa shape index (κ2) is 11.9. The maximum Gasteiger partial charge on any atom is 0.328 e. The summed E-state index contributed by atoms with van der Waals surface area (Å²) >= 11 is 0. The molecule has 1 fully saturated rings. The molecule has 186 valence electrons. The van der Waals surface area contributed by atoms with E-state index in [9.17, 15) is 29.4 Å². The number of benzene rings is 1. The van der Waals surface area contributed by atoms with Gasteiger partial charge in [0, 0.05) is 57.6 Å². The van der Waals surface area contributed by atoms with Crippen molar-refractivity contribution in [2.75, 3.05) is 31.1 Å². The molecule has 0 radical (unpaired) electrons. The van der Waals surface area contributed by atoms with Gasteiger partial charge >= 0.3 is 11.9 Å². The molecule has 1 aliphatic heterocycles. The van der Waals surface area contributed by atoms with Crippen LogP contribution in [0, 0.1) is 0 Å². The summed E-state index contributed by atoms with van der Waals surface area (Å²) in [6.07, 6.45) is 2.72. The highest BCUT2D eigenvalue weighted by atomic mass is 16.4. The van der Waals surface area contributed by atoms with Crippen LogP contribution >= 0.6 is 0 Å². The van der Waals surface area contributed by atoms with Gasteiger partial charge in [0.15, 0.2) is 0 Å². The number of carbonyl (C=O) groups excluding carboxylic acids is 2. The average Bonchev–Trinajstić information content (AvgIpc) is 2.84. The van der Waals surface area contributed by atoms with Gasteiger partial charge in [0.1, 0.15) is 12.1 Å². The lowest BCUT2D eigenvalue weighted by Crippen LogP contribution is -2.64. The second-order valence-corrected chi connectivity index (χ2v) is 8.22. The molecule has 1 aromatic heterocycles. The van der Waals surface area contributed by atoms with E-state index in [0.717, 1.165) is 10.7 Å². The van der Waals surface area contributed by atoms with Gasteiger partial charge in [0.2, 0.25) is 5.91 Å². The van der Waals surface area contributed by atoms with Crippen LogP contribution in [0.3, 0.4) is 0 Å². The number of hydrazine groups is 1. The summed E-state index contributed by atoms with van der Waals surface area (Å²) in [4.78, 5) is 55.3. The molecule has 2 heterocycles. The monoisotopic (exact) mass is 483 g/mol. The Hall–Kier alpha value is -3.99. The summed E-state index contributed by atoms with van der Waals surface area (Å²) in [7, 11) is 0. The van der Waals surface area contributed by atoms with Gasteiger partial charge in [-0.25, -0.2) is 9.80 Å². The third-order valence-corrected chi connectivity index (χ3v) is 5.72. The maximum atomic E-state index is 13.6. The highest BCUT2D eigenvalue weighted by molar-refractivity contribution is 5.92. The fourth-order valence-electron chi connectivity index (χ4n) is 4.11. The van der Waals surface area contributed by atoms with Gasteiger partial charge in [-0.2, -0.15) is 0 Å². The van der Waals surface area contributed by atoms with Crippen LogP contribution in [0.25, 0.3) is 0 Å². The number of aliphatic carboxylic acids is 2. The number of nitrogens with one attached hydrogen (secondary N) is 1. The van der Waals surface area contributed by atoms with E-state index in [2.05, 4.69) is 15.2 Å². The summed E-state index contributed by atoms with van der Waals surface area (Å²) in [6.45, 7) is 2.85. The van der Waals surface area contributed by atoms with Crippen molar-refractivity contribution >= 4 is 29.4 Å². The van der Waals surface area contributed by atoms with Gasteiger partial charge in [-0.3, -0.25) is 24.4 Å². The molecule has 11 nitrogen and oxygen atoms in total. The quantitative estimate of drug-likeness (QED) is 0.443. The van der Waals surface area contributed by atoms with E-state index >= 15 is 0 Å². The van der Waals surface area contributed by atoms with Crippen LogP contribution in [0.2, 0.25) is 0 Å². The minimum Gasteiger partial charge on any atom is -0.481 e. The summed E-state index contributed by atoms with van der Waals surface area (Å²) in [5.41, 5.74) is 1.67. The molecule has 2 amide bonds. The first-order valence-corrected chi connectivity index (χ1v) is 11.2. The summed E-state index contributed by atoms with van der Waals surface area (Å²) in [5, 5.41) is 24.6. The number of rotatable bonds is 10. The fraction of sp³-hybridized carbons (Fsp3) is 0.375. The molecule has 2 atom stereocenters. The molecule has 35 heavy (non-hydrogen) atoms. The molecule has 0 unspecified atom stereocenters. The first kappa shape index (κ1) is 25.6. The average molecular weight is 484 g/mol. The van der Waals surface area contributed by atoms with E-state index in [4.69, 9.17) is 0 Å². The second-order valence-electron chi connectivity index (χ2n) is 8.22. The fourth-order valence-corrected chi connectivity index (χ4v) is 4.11. The molecule has 0 bridgehead atoms. The molecule has 3 N–H and O–H groups in total. The van der Waals surface area contributed by atoms with Crippen molar-refractivity contribution < 1.29 is 29.4 Å². The van der Waals surface area contributed by atoms with Crippen molar-refractivity contribution in [3.8, 4) is 0 Å². The number of amides is 2. The maximum absolute atomic E-state index is 13.6. The number of carboxylic acid groups (broad SMARTS) is 2. The first-order chi connectivity index (χ1) is 16.8. The minimum absolute atomic E-state index is 0.0202. The minimum atomic E-state index is -1.40. The van der Waals surface area contributed by atoms with Crippen LogP contribution in [0.15, 0.2) is 54.9 Å². The SMILES string of the molecule is CC(=O)N[C@@H](CC(=O)O)C(=O)N([C@@H](Cc1ccccc1)C(=O)O)N1CCN(c2ccncc2)CC1. The highest BCUT2D eigenvalue weighted by Gasteiger charge is 2.40. The Labute approximate surface area is 202 Å².